The van der Waals surface area contributed by atoms with Crippen LogP contribution in [0.4, 0.5) is 10.5 Å². The molecule has 0 bridgehead atoms. The Morgan fingerprint density at radius 3 is 3.00 bits per heavy atom. The summed E-state index contributed by atoms with van der Waals surface area (Å²) in [4.78, 5) is 16.2. The highest BCUT2D eigenvalue weighted by Gasteiger charge is 2.36. The predicted molar refractivity (Wildman–Crippen MR) is 86.1 cm³/mol. The number of nitrogens with two attached hydrogens (primary N) is 1. The number of hydrogen-bond donors (Lipinski definition) is 2. The molecule has 1 atom stereocenters. The van der Waals surface area contributed by atoms with Gasteiger partial charge in [-0.1, -0.05) is 28.1 Å². The van der Waals surface area contributed by atoms with Gasteiger partial charge in [-0.3, -0.25) is 0 Å². The van der Waals surface area contributed by atoms with Crippen LogP contribution < -0.4 is 16.0 Å². The lowest BCUT2D eigenvalue weighted by atomic mass is 10.1. The lowest BCUT2D eigenvalue weighted by Crippen LogP contribution is -2.52. The van der Waals surface area contributed by atoms with Gasteiger partial charge in [0.25, 0.3) is 0 Å². The minimum absolute atomic E-state index is 0.0402. The van der Waals surface area contributed by atoms with E-state index in [-0.39, 0.29) is 12.1 Å². The van der Waals surface area contributed by atoms with E-state index in [0.29, 0.717) is 11.5 Å². The number of thiocarbonyl (C=S) groups is 1. The van der Waals surface area contributed by atoms with Gasteiger partial charge in [-0.25, -0.2) is 4.79 Å². The number of benzene rings is 1. The van der Waals surface area contributed by atoms with Gasteiger partial charge in [-0.15, -0.1) is 0 Å². The first-order chi connectivity index (χ1) is 9.56. The molecule has 3 N–H and O–H groups in total. The van der Waals surface area contributed by atoms with Crippen molar-refractivity contribution in [1.29, 1.82) is 0 Å². The van der Waals surface area contributed by atoms with Crippen LogP contribution in [0.2, 0.25) is 0 Å². The van der Waals surface area contributed by atoms with E-state index in [1.54, 1.807) is 0 Å². The van der Waals surface area contributed by atoms with Crippen molar-refractivity contribution in [2.75, 3.05) is 31.1 Å². The van der Waals surface area contributed by atoms with Crippen molar-refractivity contribution in [2.24, 2.45) is 5.73 Å². The Balaban J connectivity index is 1.89. The van der Waals surface area contributed by atoms with E-state index in [0.717, 1.165) is 35.4 Å². The quantitative estimate of drug-likeness (QED) is 0.785. The summed E-state index contributed by atoms with van der Waals surface area (Å²) in [5, 5.41) is 2.88. The average Bonchev–Trinajstić information content (AvgIpc) is 2.79. The topological polar surface area (TPSA) is 61.6 Å². The van der Waals surface area contributed by atoms with Crippen LogP contribution in [0.3, 0.4) is 0 Å². The van der Waals surface area contributed by atoms with Crippen molar-refractivity contribution < 1.29 is 4.79 Å². The molecule has 1 unspecified atom stereocenters. The summed E-state index contributed by atoms with van der Waals surface area (Å²) in [5.74, 6) is 0. The molecule has 1 aromatic carbocycles. The van der Waals surface area contributed by atoms with Crippen molar-refractivity contribution >= 4 is 44.9 Å². The van der Waals surface area contributed by atoms with Crippen LogP contribution in [-0.4, -0.2) is 48.1 Å². The summed E-state index contributed by atoms with van der Waals surface area (Å²) in [6.07, 6.45) is 0. The molecule has 2 amide bonds. The van der Waals surface area contributed by atoms with Crippen molar-refractivity contribution in [3.8, 4) is 0 Å². The minimum Gasteiger partial charge on any atom is -0.389 e. The number of carbonyl (C=O) groups is 1. The Kier molecular flexibility index (Phi) is 3.55. The smallest absolute Gasteiger partial charge is 0.317 e. The number of nitrogens with zero attached hydrogens (tertiary/aromatic N) is 2. The zero-order valence-corrected chi connectivity index (χ0v) is 13.2. The summed E-state index contributed by atoms with van der Waals surface area (Å²) in [6, 6.07) is 6.17. The van der Waals surface area contributed by atoms with Crippen molar-refractivity contribution in [3.63, 3.8) is 0 Å². The number of anilines is 1. The second-order valence-corrected chi connectivity index (χ2v) is 6.36. The molecule has 0 saturated carbocycles. The molecule has 2 saturated heterocycles. The van der Waals surface area contributed by atoms with Crippen LogP contribution in [0.5, 0.6) is 0 Å². The number of nitrogens with one attached hydrogen (secondary N) is 1. The zero-order chi connectivity index (χ0) is 14.3. The summed E-state index contributed by atoms with van der Waals surface area (Å²) in [7, 11) is 0. The Labute approximate surface area is 131 Å². The average molecular weight is 355 g/mol. The molecule has 2 aliphatic rings. The molecule has 20 heavy (non-hydrogen) atoms. The Hall–Kier alpha value is -1.34. The third-order valence-corrected chi connectivity index (χ3v) is 4.51. The molecular weight excluding hydrogens is 340 g/mol. The summed E-state index contributed by atoms with van der Waals surface area (Å²) in [6.45, 7) is 3.01. The fourth-order valence-electron chi connectivity index (χ4n) is 2.80. The number of urea groups is 1. The maximum Gasteiger partial charge on any atom is 0.317 e. The number of fused-ring (bicyclic) bond motifs is 1. The van der Waals surface area contributed by atoms with Crippen LogP contribution in [0, 0.1) is 0 Å². The highest BCUT2D eigenvalue weighted by Crippen LogP contribution is 2.28. The Bertz CT molecular complexity index is 579. The molecule has 2 aliphatic heterocycles. The van der Waals surface area contributed by atoms with Gasteiger partial charge in [0.15, 0.2) is 0 Å². The molecule has 0 aliphatic carbocycles. The van der Waals surface area contributed by atoms with E-state index in [4.69, 9.17) is 18.0 Å². The lowest BCUT2D eigenvalue weighted by Gasteiger charge is -2.38. The third-order valence-electron chi connectivity index (χ3n) is 3.80. The van der Waals surface area contributed by atoms with E-state index in [1.807, 2.05) is 23.1 Å². The molecule has 0 spiro atoms. The molecule has 0 aromatic heterocycles. The van der Waals surface area contributed by atoms with Gasteiger partial charge >= 0.3 is 6.03 Å². The fourth-order valence-corrected chi connectivity index (χ4v) is 3.32. The standard InChI is InChI=1S/C13H15BrN4OS/c14-8-1-2-10(12(15)20)11(5-8)17-3-4-18-9(7-17)6-16-13(18)19/h1-2,5,9H,3-4,6-7H2,(H2,15,20)(H,16,19). The number of carbonyl (C=O) groups excluding carboxylic acids is 1. The largest absolute Gasteiger partial charge is 0.389 e. The second kappa shape index (κ2) is 5.21. The Morgan fingerprint density at radius 2 is 2.25 bits per heavy atom. The van der Waals surface area contributed by atoms with Crippen LogP contribution in [0.25, 0.3) is 0 Å². The predicted octanol–water partition coefficient (Wildman–Crippen LogP) is 1.30. The zero-order valence-electron chi connectivity index (χ0n) is 10.8. The Morgan fingerprint density at radius 1 is 1.45 bits per heavy atom. The van der Waals surface area contributed by atoms with E-state index >= 15 is 0 Å². The number of rotatable bonds is 2. The molecule has 1 aromatic rings. The van der Waals surface area contributed by atoms with Gasteiger partial charge < -0.3 is 20.9 Å². The van der Waals surface area contributed by atoms with Gasteiger partial charge in [0, 0.05) is 41.9 Å². The molecule has 7 heteroatoms. The van der Waals surface area contributed by atoms with E-state index in [2.05, 4.69) is 26.1 Å². The highest BCUT2D eigenvalue weighted by atomic mass is 79.9. The van der Waals surface area contributed by atoms with Gasteiger partial charge in [-0.05, 0) is 18.2 Å². The number of piperazine rings is 1. The summed E-state index contributed by atoms with van der Waals surface area (Å²) in [5.41, 5.74) is 7.73. The molecular formula is C13H15BrN4OS. The van der Waals surface area contributed by atoms with Crippen LogP contribution >= 0.6 is 28.1 Å². The maximum absolute atomic E-state index is 11.6. The highest BCUT2D eigenvalue weighted by molar-refractivity contribution is 9.10. The first kappa shape index (κ1) is 13.6. The SMILES string of the molecule is NC(=S)c1ccc(Br)cc1N1CCN2C(=O)NCC2C1. The van der Waals surface area contributed by atoms with Crippen LogP contribution in [-0.2, 0) is 0 Å². The normalized spacial score (nSPS) is 21.6. The molecule has 0 radical (unpaired) electrons. The molecule has 3 rings (SSSR count). The van der Waals surface area contributed by atoms with Crippen molar-refractivity contribution in [3.05, 3.63) is 28.2 Å². The summed E-state index contributed by atoms with van der Waals surface area (Å²) < 4.78 is 0.996. The molecule has 2 heterocycles. The van der Waals surface area contributed by atoms with Crippen LogP contribution in [0.1, 0.15) is 5.56 Å². The maximum atomic E-state index is 11.6. The van der Waals surface area contributed by atoms with Crippen LogP contribution in [0.15, 0.2) is 22.7 Å². The molecule has 2 fully saturated rings. The number of halogens is 1. The number of amides is 2. The van der Waals surface area contributed by atoms with E-state index in [1.165, 1.54) is 0 Å². The van der Waals surface area contributed by atoms with Crippen molar-refractivity contribution in [1.82, 2.24) is 10.2 Å². The summed E-state index contributed by atoms with van der Waals surface area (Å²) >= 11 is 8.62. The van der Waals surface area contributed by atoms with Gasteiger partial charge in [0.1, 0.15) is 4.99 Å². The fraction of sp³-hybridized carbons (Fsp3) is 0.385. The van der Waals surface area contributed by atoms with Gasteiger partial charge in [-0.2, -0.15) is 0 Å². The van der Waals surface area contributed by atoms with E-state index in [9.17, 15) is 4.79 Å². The molecule has 5 nitrogen and oxygen atoms in total. The lowest BCUT2D eigenvalue weighted by molar-refractivity contribution is 0.197. The first-order valence-electron chi connectivity index (χ1n) is 6.45. The number of hydrogen-bond acceptors (Lipinski definition) is 3. The second-order valence-electron chi connectivity index (χ2n) is 5.01. The first-order valence-corrected chi connectivity index (χ1v) is 7.65. The minimum atomic E-state index is 0.0402. The molecule has 106 valence electrons. The van der Waals surface area contributed by atoms with Gasteiger partial charge in [0.2, 0.25) is 0 Å². The van der Waals surface area contributed by atoms with Gasteiger partial charge in [0.05, 0.1) is 6.04 Å². The third kappa shape index (κ3) is 2.35. The van der Waals surface area contributed by atoms with Crippen molar-refractivity contribution in [2.45, 2.75) is 6.04 Å². The van der Waals surface area contributed by atoms with E-state index < -0.39 is 0 Å². The monoisotopic (exact) mass is 354 g/mol.